The number of para-hydroxylation sites is 1. The van der Waals surface area contributed by atoms with Gasteiger partial charge in [-0.3, -0.25) is 0 Å². The largest absolute Gasteiger partial charge is 0.453 e. The van der Waals surface area contributed by atoms with Gasteiger partial charge >= 0.3 is 0 Å². The molecular weight excluding hydrogens is 338 g/mol. The van der Waals surface area contributed by atoms with Crippen molar-refractivity contribution in [3.63, 3.8) is 0 Å². The summed E-state index contributed by atoms with van der Waals surface area (Å²) in [7, 11) is 0. The molecule has 5 rings (SSSR count). The molecular formula is C17H9N5O2S. The Morgan fingerprint density at radius 1 is 0.920 bits per heavy atom. The van der Waals surface area contributed by atoms with Gasteiger partial charge in [-0.1, -0.05) is 23.4 Å². The molecule has 0 saturated heterocycles. The van der Waals surface area contributed by atoms with E-state index in [2.05, 4.69) is 25.1 Å². The van der Waals surface area contributed by atoms with Gasteiger partial charge in [-0.05, 0) is 18.2 Å². The predicted octanol–water partition coefficient (Wildman–Crippen LogP) is 4.06. The maximum atomic E-state index is 5.76. The Labute approximate surface area is 145 Å². The van der Waals surface area contributed by atoms with E-state index in [1.807, 2.05) is 35.7 Å². The van der Waals surface area contributed by atoms with Crippen molar-refractivity contribution < 1.29 is 8.94 Å². The highest BCUT2D eigenvalue weighted by Crippen LogP contribution is 2.29. The predicted molar refractivity (Wildman–Crippen MR) is 91.6 cm³/mol. The second-order valence-corrected chi connectivity index (χ2v) is 6.04. The number of fused-ring (bicyclic) bond motifs is 1. The molecule has 0 bridgehead atoms. The molecule has 8 heteroatoms. The molecule has 0 N–H and O–H groups in total. The fourth-order valence-electron chi connectivity index (χ4n) is 2.40. The van der Waals surface area contributed by atoms with Crippen LogP contribution in [-0.4, -0.2) is 25.1 Å². The van der Waals surface area contributed by atoms with Crippen molar-refractivity contribution in [2.24, 2.45) is 0 Å². The first-order valence-electron chi connectivity index (χ1n) is 7.43. The van der Waals surface area contributed by atoms with Crippen molar-refractivity contribution in [1.82, 2.24) is 25.1 Å². The molecule has 4 heterocycles. The molecule has 0 amide bonds. The first kappa shape index (κ1) is 14.0. The van der Waals surface area contributed by atoms with Crippen LogP contribution < -0.4 is 0 Å². The number of nitrogens with zero attached hydrogens (tertiary/aromatic N) is 5. The Bertz CT molecular complexity index is 1130. The van der Waals surface area contributed by atoms with E-state index in [-0.39, 0.29) is 0 Å². The lowest BCUT2D eigenvalue weighted by atomic mass is 10.2. The molecule has 0 radical (unpaired) electrons. The van der Waals surface area contributed by atoms with Gasteiger partial charge in [0.25, 0.3) is 5.89 Å². The first-order valence-corrected chi connectivity index (χ1v) is 8.31. The highest BCUT2D eigenvalue weighted by Gasteiger charge is 2.17. The minimum absolute atomic E-state index is 0.328. The van der Waals surface area contributed by atoms with Crippen LogP contribution >= 0.6 is 11.3 Å². The average molecular weight is 347 g/mol. The molecule has 0 aliphatic heterocycles. The van der Waals surface area contributed by atoms with E-state index in [1.54, 1.807) is 18.5 Å². The third-order valence-corrected chi connectivity index (χ3v) is 4.39. The Hall–Kier alpha value is -3.39. The van der Waals surface area contributed by atoms with E-state index in [1.165, 1.54) is 11.3 Å². The fraction of sp³-hybridized carbons (Fsp3) is 0. The molecule has 1 aromatic carbocycles. The average Bonchev–Trinajstić information content (AvgIpc) is 3.39. The monoisotopic (exact) mass is 347 g/mol. The lowest BCUT2D eigenvalue weighted by Crippen LogP contribution is -1.86. The summed E-state index contributed by atoms with van der Waals surface area (Å²) < 4.78 is 11.1. The van der Waals surface area contributed by atoms with E-state index in [0.29, 0.717) is 34.0 Å². The van der Waals surface area contributed by atoms with Crippen LogP contribution in [0.25, 0.3) is 45.0 Å². The number of thiazole rings is 1. The standard InChI is InChI=1S/C17H9N5O2S/c1-2-5-12-10(4-1)8-13(23-12)14-21-16(24-22-14)11-9-25-17(20-11)15-18-6-3-7-19-15/h1-9H. The summed E-state index contributed by atoms with van der Waals surface area (Å²) in [5.41, 5.74) is 1.36. The number of furan rings is 1. The molecule has 120 valence electrons. The molecule has 7 nitrogen and oxygen atoms in total. The van der Waals surface area contributed by atoms with Gasteiger partial charge in [-0.2, -0.15) is 4.98 Å². The summed E-state index contributed by atoms with van der Waals surface area (Å²) in [6.45, 7) is 0. The summed E-state index contributed by atoms with van der Waals surface area (Å²) >= 11 is 1.42. The minimum atomic E-state index is 0.328. The van der Waals surface area contributed by atoms with Gasteiger partial charge in [0.05, 0.1) is 0 Å². The number of benzene rings is 1. The van der Waals surface area contributed by atoms with Crippen molar-refractivity contribution >= 4 is 22.3 Å². The van der Waals surface area contributed by atoms with Crippen molar-refractivity contribution in [2.75, 3.05) is 0 Å². The number of aromatic nitrogens is 5. The third-order valence-electron chi connectivity index (χ3n) is 3.55. The zero-order valence-electron chi connectivity index (χ0n) is 12.7. The molecule has 0 saturated carbocycles. The second kappa shape index (κ2) is 5.60. The Balaban J connectivity index is 1.49. The second-order valence-electron chi connectivity index (χ2n) is 5.18. The number of rotatable bonds is 3. The molecule has 0 unspecified atom stereocenters. The van der Waals surface area contributed by atoms with Crippen LogP contribution in [0.15, 0.2) is 63.1 Å². The molecule has 0 fully saturated rings. The van der Waals surface area contributed by atoms with Crippen molar-refractivity contribution in [1.29, 1.82) is 0 Å². The smallest absolute Gasteiger partial charge is 0.277 e. The van der Waals surface area contributed by atoms with Gasteiger partial charge in [-0.15, -0.1) is 11.3 Å². The summed E-state index contributed by atoms with van der Waals surface area (Å²) in [4.78, 5) is 17.2. The van der Waals surface area contributed by atoms with Crippen LogP contribution in [-0.2, 0) is 0 Å². The summed E-state index contributed by atoms with van der Waals surface area (Å²) in [5, 5.41) is 7.51. The molecule has 0 aliphatic rings. The fourth-order valence-corrected chi connectivity index (χ4v) is 3.14. The Morgan fingerprint density at radius 2 is 1.80 bits per heavy atom. The van der Waals surface area contributed by atoms with Crippen molar-refractivity contribution in [3.05, 3.63) is 54.2 Å². The lowest BCUT2D eigenvalue weighted by Gasteiger charge is -1.90. The van der Waals surface area contributed by atoms with E-state index in [9.17, 15) is 0 Å². The first-order chi connectivity index (χ1) is 12.4. The summed E-state index contributed by atoms with van der Waals surface area (Å²) in [6.07, 6.45) is 3.35. The van der Waals surface area contributed by atoms with Crippen LogP contribution in [0.4, 0.5) is 0 Å². The van der Waals surface area contributed by atoms with Crippen molar-refractivity contribution in [3.8, 4) is 34.0 Å². The van der Waals surface area contributed by atoms with Gasteiger partial charge in [0.15, 0.2) is 16.6 Å². The van der Waals surface area contributed by atoms with Crippen LogP contribution in [0.1, 0.15) is 0 Å². The molecule has 25 heavy (non-hydrogen) atoms. The van der Waals surface area contributed by atoms with Crippen LogP contribution in [0.3, 0.4) is 0 Å². The van der Waals surface area contributed by atoms with Gasteiger partial charge in [0.2, 0.25) is 5.82 Å². The van der Waals surface area contributed by atoms with Crippen LogP contribution in [0.2, 0.25) is 0 Å². The maximum absolute atomic E-state index is 5.76. The van der Waals surface area contributed by atoms with Crippen LogP contribution in [0, 0.1) is 0 Å². The lowest BCUT2D eigenvalue weighted by molar-refractivity contribution is 0.429. The third kappa shape index (κ3) is 2.48. The van der Waals surface area contributed by atoms with E-state index < -0.39 is 0 Å². The quantitative estimate of drug-likeness (QED) is 0.486. The molecule has 0 spiro atoms. The van der Waals surface area contributed by atoms with Crippen LogP contribution in [0.5, 0.6) is 0 Å². The van der Waals surface area contributed by atoms with E-state index >= 15 is 0 Å². The van der Waals surface area contributed by atoms with Gasteiger partial charge in [0, 0.05) is 23.2 Å². The SMILES string of the molecule is c1cnc(-c2nc(-c3nc(-c4cc5ccccc5o4)no3)cs2)nc1. The molecule has 0 atom stereocenters. The van der Waals surface area contributed by atoms with Gasteiger partial charge < -0.3 is 8.94 Å². The topological polar surface area (TPSA) is 90.7 Å². The van der Waals surface area contributed by atoms with Gasteiger partial charge in [-0.25, -0.2) is 15.0 Å². The Kier molecular flexibility index (Phi) is 3.14. The van der Waals surface area contributed by atoms with E-state index in [4.69, 9.17) is 8.94 Å². The zero-order chi connectivity index (χ0) is 16.6. The highest BCUT2D eigenvalue weighted by molar-refractivity contribution is 7.13. The van der Waals surface area contributed by atoms with Crippen molar-refractivity contribution in [2.45, 2.75) is 0 Å². The Morgan fingerprint density at radius 3 is 2.68 bits per heavy atom. The summed E-state index contributed by atoms with van der Waals surface area (Å²) in [5.74, 6) is 1.83. The zero-order valence-corrected chi connectivity index (χ0v) is 13.5. The maximum Gasteiger partial charge on any atom is 0.277 e. The number of hydrogen-bond acceptors (Lipinski definition) is 8. The highest BCUT2D eigenvalue weighted by atomic mass is 32.1. The summed E-state index contributed by atoms with van der Waals surface area (Å²) in [6, 6.07) is 11.4. The van der Waals surface area contributed by atoms with E-state index in [0.717, 1.165) is 11.0 Å². The normalized spacial score (nSPS) is 11.2. The molecule has 5 aromatic rings. The van der Waals surface area contributed by atoms with Gasteiger partial charge in [0.1, 0.15) is 11.3 Å². The number of hydrogen-bond donors (Lipinski definition) is 0. The minimum Gasteiger partial charge on any atom is -0.453 e. The molecule has 4 aromatic heterocycles. The molecule has 0 aliphatic carbocycles.